The van der Waals surface area contributed by atoms with Gasteiger partial charge < -0.3 is 10.5 Å². The first-order valence-corrected chi connectivity index (χ1v) is 4.18. The standard InChI is InChI=1S/C8H16N2O/c1-3-11-7-5-4-6(2)10-8(7)9/h6-7H,3-5H2,1-2H3,(H2,9,10). The number of amidine groups is 1. The molecule has 2 unspecified atom stereocenters. The summed E-state index contributed by atoms with van der Waals surface area (Å²) in [7, 11) is 0. The average Bonchev–Trinajstić information content (AvgIpc) is 1.95. The van der Waals surface area contributed by atoms with Crippen molar-refractivity contribution in [1.29, 1.82) is 0 Å². The largest absolute Gasteiger partial charge is 0.385 e. The van der Waals surface area contributed by atoms with Crippen molar-refractivity contribution < 1.29 is 4.74 Å². The van der Waals surface area contributed by atoms with Crippen molar-refractivity contribution in [2.75, 3.05) is 6.61 Å². The van der Waals surface area contributed by atoms with Gasteiger partial charge in [-0.1, -0.05) is 0 Å². The number of hydrogen-bond acceptors (Lipinski definition) is 3. The van der Waals surface area contributed by atoms with E-state index in [2.05, 4.69) is 11.9 Å². The minimum absolute atomic E-state index is 0.0798. The molecule has 0 radical (unpaired) electrons. The number of hydrogen-bond donors (Lipinski definition) is 1. The summed E-state index contributed by atoms with van der Waals surface area (Å²) in [6.45, 7) is 4.77. The molecular weight excluding hydrogens is 140 g/mol. The Balaban J connectivity index is 2.50. The molecule has 0 aromatic carbocycles. The lowest BCUT2D eigenvalue weighted by molar-refractivity contribution is 0.0955. The quantitative estimate of drug-likeness (QED) is 0.646. The van der Waals surface area contributed by atoms with Crippen LogP contribution in [0.5, 0.6) is 0 Å². The smallest absolute Gasteiger partial charge is 0.123 e. The van der Waals surface area contributed by atoms with Crippen molar-refractivity contribution in [3.63, 3.8) is 0 Å². The van der Waals surface area contributed by atoms with E-state index in [0.29, 0.717) is 11.9 Å². The summed E-state index contributed by atoms with van der Waals surface area (Å²) in [5, 5.41) is 0. The van der Waals surface area contributed by atoms with E-state index < -0.39 is 0 Å². The zero-order chi connectivity index (χ0) is 8.27. The summed E-state index contributed by atoms with van der Waals surface area (Å²) in [4.78, 5) is 4.25. The van der Waals surface area contributed by atoms with Crippen LogP contribution in [0, 0.1) is 0 Å². The number of nitrogens with zero attached hydrogens (tertiary/aromatic N) is 1. The summed E-state index contributed by atoms with van der Waals surface area (Å²) >= 11 is 0. The number of rotatable bonds is 2. The van der Waals surface area contributed by atoms with Crippen LogP contribution in [0.25, 0.3) is 0 Å². The first-order chi connectivity index (χ1) is 5.24. The Bertz CT molecular complexity index is 156. The Hall–Kier alpha value is -0.570. The van der Waals surface area contributed by atoms with E-state index in [1.807, 2.05) is 6.92 Å². The Morgan fingerprint density at radius 1 is 1.64 bits per heavy atom. The van der Waals surface area contributed by atoms with Crippen LogP contribution < -0.4 is 5.73 Å². The summed E-state index contributed by atoms with van der Waals surface area (Å²) < 4.78 is 5.39. The predicted octanol–water partition coefficient (Wildman–Crippen LogP) is 0.931. The first-order valence-electron chi connectivity index (χ1n) is 4.18. The van der Waals surface area contributed by atoms with Gasteiger partial charge in [-0.25, -0.2) is 0 Å². The fourth-order valence-corrected chi connectivity index (χ4v) is 1.31. The van der Waals surface area contributed by atoms with Crippen molar-refractivity contribution in [2.24, 2.45) is 10.7 Å². The average molecular weight is 156 g/mol. The van der Waals surface area contributed by atoms with Crippen LogP contribution in [-0.4, -0.2) is 24.6 Å². The van der Waals surface area contributed by atoms with Crippen molar-refractivity contribution in [2.45, 2.75) is 38.8 Å². The highest BCUT2D eigenvalue weighted by Gasteiger charge is 2.19. The topological polar surface area (TPSA) is 47.6 Å². The zero-order valence-corrected chi connectivity index (χ0v) is 7.21. The number of ether oxygens (including phenoxy) is 1. The van der Waals surface area contributed by atoms with E-state index >= 15 is 0 Å². The second kappa shape index (κ2) is 3.72. The van der Waals surface area contributed by atoms with E-state index in [9.17, 15) is 0 Å². The molecule has 1 heterocycles. The molecule has 0 saturated carbocycles. The van der Waals surface area contributed by atoms with Crippen LogP contribution in [0.4, 0.5) is 0 Å². The van der Waals surface area contributed by atoms with Gasteiger partial charge in [0, 0.05) is 12.6 Å². The highest BCUT2D eigenvalue weighted by molar-refractivity contribution is 5.85. The monoisotopic (exact) mass is 156 g/mol. The second-order valence-electron chi connectivity index (χ2n) is 2.92. The minimum Gasteiger partial charge on any atom is -0.385 e. The fraction of sp³-hybridized carbons (Fsp3) is 0.875. The molecule has 64 valence electrons. The van der Waals surface area contributed by atoms with Gasteiger partial charge in [0.2, 0.25) is 0 Å². The summed E-state index contributed by atoms with van der Waals surface area (Å²) in [6, 6.07) is 0.381. The number of aliphatic imine (C=N–C) groups is 1. The molecule has 2 N–H and O–H groups in total. The molecule has 1 aliphatic rings. The van der Waals surface area contributed by atoms with Crippen molar-refractivity contribution >= 4 is 5.84 Å². The minimum atomic E-state index is 0.0798. The van der Waals surface area contributed by atoms with Gasteiger partial charge >= 0.3 is 0 Å². The maximum absolute atomic E-state index is 5.68. The molecule has 0 aromatic heterocycles. The van der Waals surface area contributed by atoms with Gasteiger partial charge in [0.1, 0.15) is 11.9 Å². The van der Waals surface area contributed by atoms with E-state index in [1.165, 1.54) is 0 Å². The van der Waals surface area contributed by atoms with Crippen LogP contribution >= 0.6 is 0 Å². The third-order valence-corrected chi connectivity index (χ3v) is 1.91. The number of nitrogens with two attached hydrogens (primary N) is 1. The Morgan fingerprint density at radius 3 is 2.91 bits per heavy atom. The summed E-state index contributed by atoms with van der Waals surface area (Å²) in [5.74, 6) is 0.672. The molecule has 0 aromatic rings. The molecule has 11 heavy (non-hydrogen) atoms. The highest BCUT2D eigenvalue weighted by Crippen LogP contribution is 2.14. The normalized spacial score (nSPS) is 31.6. The van der Waals surface area contributed by atoms with E-state index in [1.54, 1.807) is 0 Å². The van der Waals surface area contributed by atoms with Crippen molar-refractivity contribution in [3.8, 4) is 0 Å². The molecule has 3 heteroatoms. The molecule has 0 aliphatic carbocycles. The Labute approximate surface area is 67.6 Å². The highest BCUT2D eigenvalue weighted by atomic mass is 16.5. The van der Waals surface area contributed by atoms with Crippen LogP contribution in [-0.2, 0) is 4.74 Å². The van der Waals surface area contributed by atoms with Crippen LogP contribution in [0.15, 0.2) is 4.99 Å². The first kappa shape index (κ1) is 8.53. The lowest BCUT2D eigenvalue weighted by Crippen LogP contribution is -2.36. The van der Waals surface area contributed by atoms with E-state index in [-0.39, 0.29) is 6.10 Å². The van der Waals surface area contributed by atoms with Crippen molar-refractivity contribution in [1.82, 2.24) is 0 Å². The van der Waals surface area contributed by atoms with Gasteiger partial charge in [-0.15, -0.1) is 0 Å². The lowest BCUT2D eigenvalue weighted by atomic mass is 10.1. The third kappa shape index (κ3) is 2.19. The maximum atomic E-state index is 5.68. The lowest BCUT2D eigenvalue weighted by Gasteiger charge is -2.23. The zero-order valence-electron chi connectivity index (χ0n) is 7.21. The molecule has 0 saturated heterocycles. The Morgan fingerprint density at radius 2 is 2.36 bits per heavy atom. The molecule has 0 fully saturated rings. The molecule has 0 spiro atoms. The van der Waals surface area contributed by atoms with Crippen LogP contribution in [0.2, 0.25) is 0 Å². The van der Waals surface area contributed by atoms with Gasteiger partial charge in [-0.3, -0.25) is 4.99 Å². The van der Waals surface area contributed by atoms with Gasteiger partial charge in [-0.05, 0) is 26.7 Å². The maximum Gasteiger partial charge on any atom is 0.123 e. The molecular formula is C8H16N2O. The molecule has 1 aliphatic heterocycles. The van der Waals surface area contributed by atoms with Gasteiger partial charge in [0.05, 0.1) is 0 Å². The van der Waals surface area contributed by atoms with Gasteiger partial charge in [-0.2, -0.15) is 0 Å². The molecule has 3 nitrogen and oxygen atoms in total. The second-order valence-corrected chi connectivity index (χ2v) is 2.92. The molecule has 0 bridgehead atoms. The summed E-state index contributed by atoms with van der Waals surface area (Å²) in [5.41, 5.74) is 5.68. The Kier molecular flexibility index (Phi) is 2.88. The van der Waals surface area contributed by atoms with Crippen molar-refractivity contribution in [3.05, 3.63) is 0 Å². The van der Waals surface area contributed by atoms with Gasteiger partial charge in [0.15, 0.2) is 0 Å². The van der Waals surface area contributed by atoms with Crippen LogP contribution in [0.1, 0.15) is 26.7 Å². The van der Waals surface area contributed by atoms with E-state index in [4.69, 9.17) is 10.5 Å². The molecule has 1 rings (SSSR count). The SMILES string of the molecule is CCOC1CCC(C)N=C1N. The molecule has 2 atom stereocenters. The third-order valence-electron chi connectivity index (χ3n) is 1.91. The molecule has 0 amide bonds. The van der Waals surface area contributed by atoms with Crippen LogP contribution in [0.3, 0.4) is 0 Å². The van der Waals surface area contributed by atoms with E-state index in [0.717, 1.165) is 19.4 Å². The summed E-state index contributed by atoms with van der Waals surface area (Å²) in [6.07, 6.45) is 2.19. The predicted molar refractivity (Wildman–Crippen MR) is 45.7 cm³/mol. The fourth-order valence-electron chi connectivity index (χ4n) is 1.31. The van der Waals surface area contributed by atoms with Gasteiger partial charge in [0.25, 0.3) is 0 Å².